The number of hydrogen-bond acceptors (Lipinski definition) is 3. The molecule has 2 heterocycles. The first kappa shape index (κ1) is 12.8. The van der Waals surface area contributed by atoms with E-state index in [1.165, 1.54) is 0 Å². The SMILES string of the molecule is Cc1cc(C)c2ccc(=O)n(CCCCN)c2n1. The molecule has 2 rings (SSSR count). The van der Waals surface area contributed by atoms with Crippen LogP contribution >= 0.6 is 0 Å². The number of pyridine rings is 2. The zero-order chi connectivity index (χ0) is 13.1. The number of nitrogens with two attached hydrogens (primary N) is 1. The van der Waals surface area contributed by atoms with Gasteiger partial charge in [-0.1, -0.05) is 0 Å². The molecule has 0 amide bonds. The Morgan fingerprint density at radius 2 is 2.06 bits per heavy atom. The molecule has 0 fully saturated rings. The fraction of sp³-hybridized carbons (Fsp3) is 0.429. The molecule has 0 unspecified atom stereocenters. The lowest BCUT2D eigenvalue weighted by molar-refractivity contribution is 0.610. The molecule has 0 atom stereocenters. The molecule has 0 aliphatic heterocycles. The maximum atomic E-state index is 11.9. The predicted molar refractivity (Wildman–Crippen MR) is 73.8 cm³/mol. The Labute approximate surface area is 106 Å². The van der Waals surface area contributed by atoms with Gasteiger partial charge in [0.2, 0.25) is 0 Å². The highest BCUT2D eigenvalue weighted by Gasteiger charge is 2.07. The summed E-state index contributed by atoms with van der Waals surface area (Å²) >= 11 is 0. The molecule has 0 aliphatic carbocycles. The highest BCUT2D eigenvalue weighted by atomic mass is 16.1. The van der Waals surface area contributed by atoms with Crippen LogP contribution in [0.15, 0.2) is 23.0 Å². The maximum absolute atomic E-state index is 11.9. The van der Waals surface area contributed by atoms with E-state index in [-0.39, 0.29) is 5.56 Å². The van der Waals surface area contributed by atoms with Crippen molar-refractivity contribution in [3.05, 3.63) is 39.8 Å². The molecule has 2 N–H and O–H groups in total. The second-order valence-electron chi connectivity index (χ2n) is 4.64. The molecule has 4 heteroatoms. The van der Waals surface area contributed by atoms with Crippen molar-refractivity contribution < 1.29 is 0 Å². The van der Waals surface area contributed by atoms with E-state index < -0.39 is 0 Å². The minimum Gasteiger partial charge on any atom is -0.330 e. The van der Waals surface area contributed by atoms with E-state index in [2.05, 4.69) is 4.98 Å². The van der Waals surface area contributed by atoms with Gasteiger partial charge in [-0.05, 0) is 50.9 Å². The Morgan fingerprint density at radius 1 is 1.28 bits per heavy atom. The molecule has 2 aromatic heterocycles. The van der Waals surface area contributed by atoms with E-state index in [1.807, 2.05) is 26.0 Å². The highest BCUT2D eigenvalue weighted by molar-refractivity contribution is 5.79. The Morgan fingerprint density at radius 3 is 2.78 bits per heavy atom. The van der Waals surface area contributed by atoms with E-state index in [9.17, 15) is 4.79 Å². The fourth-order valence-corrected chi connectivity index (χ4v) is 2.22. The summed E-state index contributed by atoms with van der Waals surface area (Å²) in [6.45, 7) is 5.34. The molecule has 0 saturated carbocycles. The fourth-order valence-electron chi connectivity index (χ4n) is 2.22. The largest absolute Gasteiger partial charge is 0.330 e. The zero-order valence-electron chi connectivity index (χ0n) is 10.9. The molecule has 0 radical (unpaired) electrons. The molecule has 4 nitrogen and oxygen atoms in total. The topological polar surface area (TPSA) is 60.9 Å². The molecule has 0 saturated heterocycles. The summed E-state index contributed by atoms with van der Waals surface area (Å²) in [6.07, 6.45) is 1.83. The third-order valence-electron chi connectivity index (χ3n) is 3.12. The number of fused-ring (bicyclic) bond motifs is 1. The second-order valence-corrected chi connectivity index (χ2v) is 4.64. The first-order valence-corrected chi connectivity index (χ1v) is 6.31. The van der Waals surface area contributed by atoms with Crippen LogP contribution in [0, 0.1) is 13.8 Å². The first-order chi connectivity index (χ1) is 8.63. The third kappa shape index (κ3) is 2.43. The molecule has 18 heavy (non-hydrogen) atoms. The lowest BCUT2D eigenvalue weighted by Gasteiger charge is -2.11. The number of rotatable bonds is 4. The van der Waals surface area contributed by atoms with Crippen LogP contribution in [-0.4, -0.2) is 16.1 Å². The van der Waals surface area contributed by atoms with Crippen LogP contribution in [0.5, 0.6) is 0 Å². The van der Waals surface area contributed by atoms with Gasteiger partial charge < -0.3 is 5.73 Å². The quantitative estimate of drug-likeness (QED) is 0.835. The Balaban J connectivity index is 2.55. The molecular formula is C14H19N3O. The van der Waals surface area contributed by atoms with Crippen LogP contribution in [0.2, 0.25) is 0 Å². The number of nitrogens with zero attached hydrogens (tertiary/aromatic N) is 2. The van der Waals surface area contributed by atoms with Gasteiger partial charge >= 0.3 is 0 Å². The lowest BCUT2D eigenvalue weighted by atomic mass is 10.1. The number of unbranched alkanes of at least 4 members (excludes halogenated alkanes) is 1. The van der Waals surface area contributed by atoms with Crippen molar-refractivity contribution in [2.24, 2.45) is 5.73 Å². The van der Waals surface area contributed by atoms with Crippen molar-refractivity contribution in [3.63, 3.8) is 0 Å². The van der Waals surface area contributed by atoms with Gasteiger partial charge in [-0.15, -0.1) is 0 Å². The van der Waals surface area contributed by atoms with E-state index in [0.717, 1.165) is 35.1 Å². The summed E-state index contributed by atoms with van der Waals surface area (Å²) in [5.74, 6) is 0. The highest BCUT2D eigenvalue weighted by Crippen LogP contribution is 2.16. The van der Waals surface area contributed by atoms with Crippen molar-refractivity contribution in [1.82, 2.24) is 9.55 Å². The van der Waals surface area contributed by atoms with Gasteiger partial charge in [0.05, 0.1) is 0 Å². The smallest absolute Gasteiger partial charge is 0.252 e. The molecule has 0 aromatic carbocycles. The zero-order valence-corrected chi connectivity index (χ0v) is 10.9. The summed E-state index contributed by atoms with van der Waals surface area (Å²) in [4.78, 5) is 16.4. The van der Waals surface area contributed by atoms with Gasteiger partial charge in [-0.3, -0.25) is 9.36 Å². The van der Waals surface area contributed by atoms with E-state index >= 15 is 0 Å². The molecule has 2 aromatic rings. The Hall–Kier alpha value is -1.68. The summed E-state index contributed by atoms with van der Waals surface area (Å²) in [5, 5.41) is 1.05. The van der Waals surface area contributed by atoms with E-state index in [4.69, 9.17) is 5.73 Å². The Kier molecular flexibility index (Phi) is 3.77. The minimum atomic E-state index is 0.0111. The molecule has 0 aliphatic rings. The number of aryl methyl sites for hydroxylation is 3. The van der Waals surface area contributed by atoms with Gasteiger partial charge in [0.1, 0.15) is 5.65 Å². The molecular weight excluding hydrogens is 226 g/mol. The summed E-state index contributed by atoms with van der Waals surface area (Å²) in [5.41, 5.74) is 8.39. The minimum absolute atomic E-state index is 0.0111. The van der Waals surface area contributed by atoms with Crippen LogP contribution in [0.4, 0.5) is 0 Å². The van der Waals surface area contributed by atoms with Crippen LogP contribution in [0.3, 0.4) is 0 Å². The van der Waals surface area contributed by atoms with Crippen LogP contribution in [-0.2, 0) is 6.54 Å². The molecule has 0 spiro atoms. The van der Waals surface area contributed by atoms with Gasteiger partial charge in [0.15, 0.2) is 0 Å². The van der Waals surface area contributed by atoms with Crippen LogP contribution in [0.25, 0.3) is 11.0 Å². The standard InChI is InChI=1S/C14H19N3O/c1-10-9-11(2)16-14-12(10)5-6-13(18)17(14)8-4-3-7-15/h5-6,9H,3-4,7-8,15H2,1-2H3. The van der Waals surface area contributed by atoms with Crippen molar-refractivity contribution in [2.45, 2.75) is 33.2 Å². The molecule has 0 bridgehead atoms. The summed E-state index contributed by atoms with van der Waals surface area (Å²) in [6, 6.07) is 5.52. The lowest BCUT2D eigenvalue weighted by Crippen LogP contribution is -2.21. The maximum Gasteiger partial charge on any atom is 0.252 e. The van der Waals surface area contributed by atoms with Crippen molar-refractivity contribution in [3.8, 4) is 0 Å². The molecule has 96 valence electrons. The summed E-state index contributed by atoms with van der Waals surface area (Å²) in [7, 11) is 0. The Bertz CT molecular complexity index is 616. The summed E-state index contributed by atoms with van der Waals surface area (Å²) < 4.78 is 1.75. The van der Waals surface area contributed by atoms with Crippen molar-refractivity contribution in [1.29, 1.82) is 0 Å². The van der Waals surface area contributed by atoms with Crippen LogP contribution in [0.1, 0.15) is 24.1 Å². The van der Waals surface area contributed by atoms with E-state index in [0.29, 0.717) is 13.1 Å². The van der Waals surface area contributed by atoms with E-state index in [1.54, 1.807) is 10.6 Å². The monoisotopic (exact) mass is 245 g/mol. The van der Waals surface area contributed by atoms with Crippen molar-refractivity contribution in [2.75, 3.05) is 6.54 Å². The second kappa shape index (κ2) is 5.31. The van der Waals surface area contributed by atoms with Gasteiger partial charge in [-0.25, -0.2) is 4.98 Å². The van der Waals surface area contributed by atoms with Crippen molar-refractivity contribution >= 4 is 11.0 Å². The predicted octanol–water partition coefficient (Wildman–Crippen LogP) is 1.75. The third-order valence-corrected chi connectivity index (χ3v) is 3.12. The average Bonchev–Trinajstić information content (AvgIpc) is 2.32. The first-order valence-electron chi connectivity index (χ1n) is 6.31. The van der Waals surface area contributed by atoms with Crippen LogP contribution < -0.4 is 11.3 Å². The number of aromatic nitrogens is 2. The normalized spacial score (nSPS) is 11.1. The number of hydrogen-bond donors (Lipinski definition) is 1. The van der Waals surface area contributed by atoms with Gasteiger partial charge in [-0.2, -0.15) is 0 Å². The van der Waals surface area contributed by atoms with Gasteiger partial charge in [0, 0.05) is 23.7 Å². The average molecular weight is 245 g/mol. The van der Waals surface area contributed by atoms with Gasteiger partial charge in [0.25, 0.3) is 5.56 Å².